The van der Waals surface area contributed by atoms with E-state index in [-0.39, 0.29) is 0 Å². The first-order chi connectivity index (χ1) is 6.97. The highest BCUT2D eigenvalue weighted by Gasteiger charge is 2.06. The van der Waals surface area contributed by atoms with Crippen molar-refractivity contribution in [1.82, 2.24) is 20.6 Å². The summed E-state index contributed by atoms with van der Waals surface area (Å²) in [7, 11) is 0. The van der Waals surface area contributed by atoms with Crippen LogP contribution < -0.4 is 0 Å². The highest BCUT2D eigenvalue weighted by Crippen LogP contribution is 2.22. The third kappa shape index (κ3) is 2.34. The summed E-state index contributed by atoms with van der Waals surface area (Å²) in [5, 5.41) is 14.7. The Balaban J connectivity index is 2.15. The summed E-state index contributed by atoms with van der Waals surface area (Å²) in [6.07, 6.45) is 11.4. The molecule has 0 spiro atoms. The highest BCUT2D eigenvalue weighted by molar-refractivity contribution is 5.61. The summed E-state index contributed by atoms with van der Waals surface area (Å²) in [5.74, 6) is 0. The van der Waals surface area contributed by atoms with Gasteiger partial charge < -0.3 is 0 Å². The molecule has 1 aromatic heterocycles. The summed E-state index contributed by atoms with van der Waals surface area (Å²) in [5.41, 5.74) is 2.18. The van der Waals surface area contributed by atoms with Gasteiger partial charge in [-0.1, -0.05) is 18.9 Å². The van der Waals surface area contributed by atoms with Gasteiger partial charge in [-0.15, -0.1) is 10.2 Å². The first-order valence-electron chi connectivity index (χ1n) is 5.17. The summed E-state index contributed by atoms with van der Waals surface area (Å²) in [6, 6.07) is 0. The molecule has 4 nitrogen and oxygen atoms in total. The molecule has 0 saturated carbocycles. The summed E-state index contributed by atoms with van der Waals surface area (Å²) in [4.78, 5) is 0. The molecular weight excluding hydrogens is 176 g/mol. The predicted octanol–water partition coefficient (Wildman–Crippen LogP) is 2.00. The van der Waals surface area contributed by atoms with Crippen molar-refractivity contribution in [1.29, 1.82) is 0 Å². The molecule has 14 heavy (non-hydrogen) atoms. The van der Waals surface area contributed by atoms with Crippen LogP contribution in [0.2, 0.25) is 0 Å². The lowest BCUT2D eigenvalue weighted by atomic mass is 9.98. The number of hydrogen-bond donors (Lipinski definition) is 0. The summed E-state index contributed by atoms with van der Waals surface area (Å²) < 4.78 is 0. The molecule has 0 fully saturated rings. The number of rotatable bonds is 1. The van der Waals surface area contributed by atoms with Crippen molar-refractivity contribution in [2.45, 2.75) is 38.5 Å². The van der Waals surface area contributed by atoms with Gasteiger partial charge >= 0.3 is 0 Å². The monoisotopic (exact) mass is 190 g/mol. The van der Waals surface area contributed by atoms with E-state index < -0.39 is 0 Å². The largest absolute Gasteiger partial charge is 0.135 e. The van der Waals surface area contributed by atoms with Gasteiger partial charge in [-0.25, -0.2) is 0 Å². The Hall–Kier alpha value is -1.32. The Kier molecular flexibility index (Phi) is 3.16. The SMILES string of the molecule is C1=C(/c2cnnnn2)CCCCCC/1. The Labute approximate surface area is 83.4 Å². The van der Waals surface area contributed by atoms with E-state index in [0.29, 0.717) is 0 Å². The maximum absolute atomic E-state index is 3.98. The molecule has 0 radical (unpaired) electrons. The lowest BCUT2D eigenvalue weighted by molar-refractivity contribution is 0.640. The van der Waals surface area contributed by atoms with E-state index in [9.17, 15) is 0 Å². The van der Waals surface area contributed by atoms with Crippen LogP contribution in [0.15, 0.2) is 12.3 Å². The molecule has 4 heteroatoms. The molecular formula is C10H14N4. The summed E-state index contributed by atoms with van der Waals surface area (Å²) in [6.45, 7) is 0. The zero-order chi connectivity index (χ0) is 9.64. The first kappa shape index (κ1) is 9.24. The van der Waals surface area contributed by atoms with Gasteiger partial charge in [0.25, 0.3) is 0 Å². The molecule has 0 amide bonds. The van der Waals surface area contributed by atoms with Crippen molar-refractivity contribution >= 4 is 5.57 Å². The van der Waals surface area contributed by atoms with Crippen LogP contribution in [0, 0.1) is 0 Å². The molecule has 0 bridgehead atoms. The normalized spacial score (nSPS) is 21.9. The Morgan fingerprint density at radius 3 is 2.79 bits per heavy atom. The predicted molar refractivity (Wildman–Crippen MR) is 53.3 cm³/mol. The van der Waals surface area contributed by atoms with Crippen LogP contribution in [0.4, 0.5) is 0 Å². The average molecular weight is 190 g/mol. The van der Waals surface area contributed by atoms with Crippen LogP contribution in [-0.4, -0.2) is 20.6 Å². The number of nitrogens with zero attached hydrogens (tertiary/aromatic N) is 4. The van der Waals surface area contributed by atoms with Crippen molar-refractivity contribution in [2.24, 2.45) is 0 Å². The maximum Gasteiger partial charge on any atom is 0.111 e. The van der Waals surface area contributed by atoms with Crippen molar-refractivity contribution in [3.63, 3.8) is 0 Å². The Morgan fingerprint density at radius 2 is 1.93 bits per heavy atom. The van der Waals surface area contributed by atoms with Gasteiger partial charge in [-0.05, 0) is 41.7 Å². The molecule has 1 aliphatic carbocycles. The van der Waals surface area contributed by atoms with Gasteiger partial charge in [0.15, 0.2) is 0 Å². The minimum atomic E-state index is 0.891. The van der Waals surface area contributed by atoms with E-state index in [1.807, 2.05) is 0 Å². The Morgan fingerprint density at radius 1 is 1.00 bits per heavy atom. The maximum atomic E-state index is 3.98. The molecule has 74 valence electrons. The number of hydrogen-bond acceptors (Lipinski definition) is 4. The van der Waals surface area contributed by atoms with Crippen LogP contribution in [0.1, 0.15) is 44.2 Å². The minimum Gasteiger partial charge on any atom is -0.135 e. The fourth-order valence-electron chi connectivity index (χ4n) is 1.77. The van der Waals surface area contributed by atoms with Crippen LogP contribution in [-0.2, 0) is 0 Å². The molecule has 2 rings (SSSR count). The topological polar surface area (TPSA) is 51.6 Å². The van der Waals surface area contributed by atoms with Gasteiger partial charge in [0.05, 0.1) is 6.20 Å². The highest BCUT2D eigenvalue weighted by atomic mass is 15.4. The quantitative estimate of drug-likeness (QED) is 0.679. The fourth-order valence-corrected chi connectivity index (χ4v) is 1.77. The van der Waals surface area contributed by atoms with Crippen molar-refractivity contribution in [2.75, 3.05) is 0 Å². The molecule has 0 unspecified atom stereocenters. The second kappa shape index (κ2) is 4.79. The third-order valence-electron chi connectivity index (χ3n) is 2.54. The van der Waals surface area contributed by atoms with Gasteiger partial charge in [0, 0.05) is 0 Å². The first-order valence-corrected chi connectivity index (χ1v) is 5.17. The van der Waals surface area contributed by atoms with Crippen LogP contribution in [0.3, 0.4) is 0 Å². The zero-order valence-electron chi connectivity index (χ0n) is 8.19. The van der Waals surface area contributed by atoms with E-state index in [4.69, 9.17) is 0 Å². The lowest BCUT2D eigenvalue weighted by Gasteiger charge is -2.09. The number of allylic oxidation sites excluding steroid dienone is 2. The van der Waals surface area contributed by atoms with Crippen molar-refractivity contribution in [3.05, 3.63) is 18.0 Å². The fraction of sp³-hybridized carbons (Fsp3) is 0.600. The van der Waals surface area contributed by atoms with Crippen LogP contribution in [0.5, 0.6) is 0 Å². The van der Waals surface area contributed by atoms with Crippen molar-refractivity contribution < 1.29 is 0 Å². The minimum absolute atomic E-state index is 0.891. The third-order valence-corrected chi connectivity index (χ3v) is 2.54. The van der Waals surface area contributed by atoms with E-state index >= 15 is 0 Å². The molecule has 0 aromatic carbocycles. The van der Waals surface area contributed by atoms with Crippen molar-refractivity contribution in [3.8, 4) is 0 Å². The molecule has 1 aliphatic rings. The van der Waals surface area contributed by atoms with E-state index in [0.717, 1.165) is 18.5 Å². The van der Waals surface area contributed by atoms with Gasteiger partial charge in [-0.2, -0.15) is 0 Å². The number of aromatic nitrogens is 4. The lowest BCUT2D eigenvalue weighted by Crippen LogP contribution is -1.98. The molecule has 1 heterocycles. The van der Waals surface area contributed by atoms with Crippen LogP contribution in [0.25, 0.3) is 5.57 Å². The molecule has 0 aliphatic heterocycles. The zero-order valence-corrected chi connectivity index (χ0v) is 8.19. The van der Waals surface area contributed by atoms with Gasteiger partial charge in [-0.3, -0.25) is 0 Å². The smallest absolute Gasteiger partial charge is 0.111 e. The molecule has 0 saturated heterocycles. The van der Waals surface area contributed by atoms with E-state index in [2.05, 4.69) is 26.7 Å². The van der Waals surface area contributed by atoms with Gasteiger partial charge in [0.2, 0.25) is 0 Å². The average Bonchev–Trinajstić information content (AvgIpc) is 2.18. The Bertz CT molecular complexity index is 307. The van der Waals surface area contributed by atoms with Crippen LogP contribution >= 0.6 is 0 Å². The van der Waals surface area contributed by atoms with Gasteiger partial charge in [0.1, 0.15) is 5.69 Å². The molecule has 0 atom stereocenters. The van der Waals surface area contributed by atoms with E-state index in [1.165, 1.54) is 31.3 Å². The van der Waals surface area contributed by atoms with E-state index in [1.54, 1.807) is 6.20 Å². The second-order valence-electron chi connectivity index (χ2n) is 3.59. The standard InChI is InChI=1S/C10H14N4/c1-2-4-6-9(7-5-3-1)10-8-11-13-14-12-10/h6,8H,1-5,7H2/b9-6+. The summed E-state index contributed by atoms with van der Waals surface area (Å²) >= 11 is 0. The second-order valence-corrected chi connectivity index (χ2v) is 3.59. The molecule has 1 aromatic rings. The molecule has 0 N–H and O–H groups in total.